The summed E-state index contributed by atoms with van der Waals surface area (Å²) in [6, 6.07) is 1.58. The first-order valence-corrected chi connectivity index (χ1v) is 4.34. The molecule has 0 radical (unpaired) electrons. The van der Waals surface area contributed by atoms with E-state index in [9.17, 15) is 13.2 Å². The maximum absolute atomic E-state index is 12.2. The van der Waals surface area contributed by atoms with Gasteiger partial charge in [-0.15, -0.1) is 12.4 Å². The Hall–Kier alpha value is -0.160. The molecule has 1 aromatic rings. The number of hydrogen-bond acceptors (Lipinski definition) is 1. The highest BCUT2D eigenvalue weighted by Gasteiger charge is 2.37. The number of benzene rings is 1. The first kappa shape index (κ1) is 14.8. The quantitative estimate of drug-likeness (QED) is 0.827. The Bertz CT molecular complexity index is 320. The van der Waals surface area contributed by atoms with E-state index in [0.717, 1.165) is 12.1 Å². The van der Waals surface area contributed by atoms with Crippen LogP contribution in [-0.2, 0) is 0 Å². The lowest BCUT2D eigenvalue weighted by molar-refractivity contribution is -0.149. The van der Waals surface area contributed by atoms with Crippen LogP contribution < -0.4 is 5.73 Å². The minimum atomic E-state index is -4.49. The highest BCUT2D eigenvalue weighted by molar-refractivity contribution is 6.34. The summed E-state index contributed by atoms with van der Waals surface area (Å²) in [6.45, 7) is 0. The molecule has 0 amide bonds. The number of halogens is 6. The maximum atomic E-state index is 12.2. The number of rotatable bonds is 1. The molecule has 0 aliphatic heterocycles. The van der Waals surface area contributed by atoms with Gasteiger partial charge in [-0.25, -0.2) is 0 Å². The van der Waals surface area contributed by atoms with Crippen LogP contribution in [0.2, 0.25) is 10.0 Å². The van der Waals surface area contributed by atoms with Gasteiger partial charge < -0.3 is 5.73 Å². The molecule has 86 valence electrons. The smallest absolute Gasteiger partial charge is 0.316 e. The molecule has 0 aromatic heterocycles. The summed E-state index contributed by atoms with van der Waals surface area (Å²) in [5, 5.41) is 0.263. The Morgan fingerprint density at radius 3 is 1.80 bits per heavy atom. The lowest BCUT2D eigenvalue weighted by Gasteiger charge is -2.16. The van der Waals surface area contributed by atoms with Crippen molar-refractivity contribution < 1.29 is 13.2 Å². The fourth-order valence-corrected chi connectivity index (χ4v) is 1.49. The van der Waals surface area contributed by atoms with Gasteiger partial charge in [0.05, 0.1) is 0 Å². The second-order valence-corrected chi connectivity index (χ2v) is 3.59. The normalized spacial score (nSPS) is 13.2. The van der Waals surface area contributed by atoms with E-state index in [0.29, 0.717) is 0 Å². The van der Waals surface area contributed by atoms with Crippen molar-refractivity contribution in [2.45, 2.75) is 12.2 Å². The van der Waals surface area contributed by atoms with Crippen LogP contribution in [0.4, 0.5) is 13.2 Å². The molecule has 1 nitrogen and oxygen atoms in total. The van der Waals surface area contributed by atoms with Crippen LogP contribution >= 0.6 is 35.6 Å². The predicted octanol–water partition coefficient (Wildman–Crippen LogP) is 3.98. The lowest BCUT2D eigenvalue weighted by Crippen LogP contribution is -2.28. The van der Waals surface area contributed by atoms with Gasteiger partial charge in [0, 0.05) is 10.0 Å². The Kier molecular flexibility index (Phi) is 5.20. The largest absolute Gasteiger partial charge is 0.407 e. The first-order valence-electron chi connectivity index (χ1n) is 3.59. The second kappa shape index (κ2) is 5.25. The predicted molar refractivity (Wildman–Crippen MR) is 56.7 cm³/mol. The molecule has 15 heavy (non-hydrogen) atoms. The average molecular weight is 281 g/mol. The van der Waals surface area contributed by atoms with E-state index in [-0.39, 0.29) is 28.0 Å². The molecule has 1 rings (SSSR count). The van der Waals surface area contributed by atoms with Gasteiger partial charge in [-0.1, -0.05) is 23.2 Å². The summed E-state index contributed by atoms with van der Waals surface area (Å²) in [7, 11) is 0. The van der Waals surface area contributed by atoms with E-state index in [1.807, 2.05) is 0 Å². The highest BCUT2D eigenvalue weighted by Crippen LogP contribution is 2.32. The van der Waals surface area contributed by atoms with Gasteiger partial charge >= 0.3 is 6.18 Å². The molecule has 0 saturated carbocycles. The molecule has 1 aromatic carbocycles. The van der Waals surface area contributed by atoms with Crippen molar-refractivity contribution in [1.29, 1.82) is 0 Å². The fraction of sp³-hybridized carbons (Fsp3) is 0.250. The van der Waals surface area contributed by atoms with Crippen molar-refractivity contribution in [1.82, 2.24) is 0 Å². The van der Waals surface area contributed by atoms with E-state index < -0.39 is 12.2 Å². The van der Waals surface area contributed by atoms with Crippen LogP contribution in [0.1, 0.15) is 11.6 Å². The summed E-state index contributed by atoms with van der Waals surface area (Å²) in [5.74, 6) is 0. The summed E-state index contributed by atoms with van der Waals surface area (Å²) in [5.41, 5.74) is 4.82. The van der Waals surface area contributed by atoms with Crippen LogP contribution in [0.25, 0.3) is 0 Å². The van der Waals surface area contributed by atoms with Crippen LogP contribution in [0.5, 0.6) is 0 Å². The minimum absolute atomic E-state index is 0. The average Bonchev–Trinajstić information content (AvgIpc) is 1.99. The monoisotopic (exact) mass is 279 g/mol. The molecule has 0 spiro atoms. The van der Waals surface area contributed by atoms with Crippen molar-refractivity contribution in [2.24, 2.45) is 5.73 Å². The van der Waals surface area contributed by atoms with Gasteiger partial charge in [-0.05, 0) is 23.8 Å². The summed E-state index contributed by atoms with van der Waals surface area (Å²) >= 11 is 11.1. The summed E-state index contributed by atoms with van der Waals surface area (Å²) in [4.78, 5) is 0. The molecule has 0 aliphatic rings. The van der Waals surface area contributed by atoms with Gasteiger partial charge in [0.2, 0.25) is 0 Å². The molecule has 0 saturated heterocycles. The molecule has 0 bridgehead atoms. The van der Waals surface area contributed by atoms with Crippen molar-refractivity contribution >= 4 is 35.6 Å². The number of hydrogen-bond donors (Lipinski definition) is 1. The third-order valence-electron chi connectivity index (χ3n) is 1.60. The zero-order valence-electron chi connectivity index (χ0n) is 7.18. The van der Waals surface area contributed by atoms with Crippen molar-refractivity contribution in [2.75, 3.05) is 0 Å². The van der Waals surface area contributed by atoms with Crippen molar-refractivity contribution in [3.05, 3.63) is 33.8 Å². The number of alkyl halides is 3. The topological polar surface area (TPSA) is 26.0 Å². The molecule has 2 N–H and O–H groups in total. The summed E-state index contributed by atoms with van der Waals surface area (Å²) in [6.07, 6.45) is -4.49. The lowest BCUT2D eigenvalue weighted by atomic mass is 10.1. The van der Waals surface area contributed by atoms with E-state index in [1.54, 1.807) is 0 Å². The molecule has 1 atom stereocenters. The fourth-order valence-electron chi connectivity index (χ4n) is 0.944. The van der Waals surface area contributed by atoms with Crippen LogP contribution in [0, 0.1) is 0 Å². The Morgan fingerprint density at radius 2 is 1.47 bits per heavy atom. The van der Waals surface area contributed by atoms with E-state index in [1.165, 1.54) is 6.07 Å². The van der Waals surface area contributed by atoms with Gasteiger partial charge in [0.15, 0.2) is 0 Å². The molecule has 7 heteroatoms. The first-order chi connectivity index (χ1) is 6.30. The van der Waals surface area contributed by atoms with E-state index in [4.69, 9.17) is 28.9 Å². The minimum Gasteiger partial charge on any atom is -0.316 e. The Balaban J connectivity index is 0.00000196. The van der Waals surface area contributed by atoms with Crippen LogP contribution in [0.3, 0.4) is 0 Å². The third-order valence-corrected chi connectivity index (χ3v) is 2.03. The molecular weight excluding hydrogens is 273 g/mol. The SMILES string of the molecule is Cl.N[C@H](c1cc(Cl)cc(Cl)c1)C(F)(F)F. The molecule has 0 heterocycles. The van der Waals surface area contributed by atoms with E-state index in [2.05, 4.69) is 0 Å². The standard InChI is InChI=1S/C8H6Cl2F3N.ClH/c9-5-1-4(2-6(10)3-5)7(14)8(11,12)13;/h1-3,7H,14H2;1H/t7-;/m1./s1. The van der Waals surface area contributed by atoms with Gasteiger partial charge in [0.1, 0.15) is 6.04 Å². The molecular formula is C8H7Cl3F3N. The van der Waals surface area contributed by atoms with Crippen molar-refractivity contribution in [3.8, 4) is 0 Å². The van der Waals surface area contributed by atoms with Crippen molar-refractivity contribution in [3.63, 3.8) is 0 Å². The Labute approximate surface area is 101 Å². The third kappa shape index (κ3) is 4.07. The van der Waals surface area contributed by atoms with Crippen LogP contribution in [-0.4, -0.2) is 6.18 Å². The van der Waals surface area contributed by atoms with Crippen LogP contribution in [0.15, 0.2) is 18.2 Å². The number of nitrogens with two attached hydrogens (primary N) is 1. The van der Waals surface area contributed by atoms with Gasteiger partial charge in [-0.3, -0.25) is 0 Å². The molecule has 0 unspecified atom stereocenters. The second-order valence-electron chi connectivity index (χ2n) is 2.72. The summed E-state index contributed by atoms with van der Waals surface area (Å²) < 4.78 is 36.6. The highest BCUT2D eigenvalue weighted by atomic mass is 35.5. The maximum Gasteiger partial charge on any atom is 0.407 e. The van der Waals surface area contributed by atoms with E-state index >= 15 is 0 Å². The molecule has 0 aliphatic carbocycles. The van der Waals surface area contributed by atoms with Gasteiger partial charge in [0.25, 0.3) is 0 Å². The Morgan fingerprint density at radius 1 is 1.07 bits per heavy atom. The molecule has 0 fully saturated rings. The zero-order chi connectivity index (χ0) is 10.9. The zero-order valence-corrected chi connectivity index (χ0v) is 9.51. The van der Waals surface area contributed by atoms with Gasteiger partial charge in [-0.2, -0.15) is 13.2 Å².